The Labute approximate surface area is 155 Å². The molecule has 126 valence electrons. The number of benzene rings is 3. The monoisotopic (exact) mass is 371 g/mol. The second-order valence-electron chi connectivity index (χ2n) is 5.66. The van der Waals surface area contributed by atoms with Gasteiger partial charge in [-0.25, -0.2) is 4.79 Å². The number of carbonyl (C=O) groups is 1. The number of rotatable bonds is 4. The van der Waals surface area contributed by atoms with E-state index >= 15 is 0 Å². The molecule has 0 radical (unpaired) electrons. The summed E-state index contributed by atoms with van der Waals surface area (Å²) in [7, 11) is 0. The number of halogens is 2. The molecular weight excluding hydrogens is 357 g/mol. The summed E-state index contributed by atoms with van der Waals surface area (Å²) in [6.45, 7) is 2.02. The van der Waals surface area contributed by atoms with E-state index in [0.717, 1.165) is 11.1 Å². The van der Waals surface area contributed by atoms with Crippen LogP contribution >= 0.6 is 23.2 Å². The first-order chi connectivity index (χ1) is 12.0. The maximum Gasteiger partial charge on any atom is 0.337 e. The van der Waals surface area contributed by atoms with Crippen LogP contribution in [-0.4, -0.2) is 11.1 Å². The molecule has 3 aromatic carbocycles. The molecule has 0 aliphatic rings. The molecule has 5 heteroatoms. The first-order valence-corrected chi connectivity index (χ1v) is 8.37. The van der Waals surface area contributed by atoms with Crippen LogP contribution in [0.1, 0.15) is 15.9 Å². The van der Waals surface area contributed by atoms with Gasteiger partial charge >= 0.3 is 5.97 Å². The zero-order valence-corrected chi connectivity index (χ0v) is 14.9. The van der Waals surface area contributed by atoms with Crippen LogP contribution in [0.15, 0.2) is 60.7 Å². The SMILES string of the molecule is Cc1ccc(-c2cc(Cl)c(Nc3ccccc3C(=O)O)c(Cl)c2)cc1. The van der Waals surface area contributed by atoms with Gasteiger partial charge in [-0.2, -0.15) is 0 Å². The van der Waals surface area contributed by atoms with Crippen molar-refractivity contribution in [1.82, 2.24) is 0 Å². The van der Waals surface area contributed by atoms with Crippen LogP contribution in [0.3, 0.4) is 0 Å². The fraction of sp³-hybridized carbons (Fsp3) is 0.0500. The number of hydrogen-bond acceptors (Lipinski definition) is 2. The zero-order chi connectivity index (χ0) is 18.0. The van der Waals surface area contributed by atoms with Crippen LogP contribution < -0.4 is 5.32 Å². The number of aryl methyl sites for hydroxylation is 1. The molecule has 0 amide bonds. The summed E-state index contributed by atoms with van der Waals surface area (Å²) in [5.74, 6) is -1.02. The van der Waals surface area contributed by atoms with E-state index in [1.807, 2.05) is 43.3 Å². The molecule has 0 heterocycles. The highest BCUT2D eigenvalue weighted by Crippen LogP contribution is 2.38. The fourth-order valence-electron chi connectivity index (χ4n) is 2.52. The van der Waals surface area contributed by atoms with E-state index in [1.165, 1.54) is 11.6 Å². The van der Waals surface area contributed by atoms with Gasteiger partial charge < -0.3 is 10.4 Å². The van der Waals surface area contributed by atoms with E-state index in [1.54, 1.807) is 18.2 Å². The summed E-state index contributed by atoms with van der Waals surface area (Å²) in [6.07, 6.45) is 0. The summed E-state index contributed by atoms with van der Waals surface area (Å²) in [5, 5.41) is 13.2. The topological polar surface area (TPSA) is 49.3 Å². The largest absolute Gasteiger partial charge is 0.478 e. The minimum absolute atomic E-state index is 0.150. The van der Waals surface area contributed by atoms with Crippen molar-refractivity contribution in [2.24, 2.45) is 0 Å². The quantitative estimate of drug-likeness (QED) is 0.556. The molecule has 0 unspecified atom stereocenters. The molecular formula is C20H15Cl2NO2. The summed E-state index contributed by atoms with van der Waals surface area (Å²) < 4.78 is 0. The van der Waals surface area contributed by atoms with Crippen LogP contribution in [0.2, 0.25) is 10.0 Å². The molecule has 25 heavy (non-hydrogen) atoms. The molecule has 2 N–H and O–H groups in total. The van der Waals surface area contributed by atoms with Crippen molar-refractivity contribution in [2.45, 2.75) is 6.92 Å². The Hall–Kier alpha value is -2.49. The van der Waals surface area contributed by atoms with E-state index in [9.17, 15) is 9.90 Å². The van der Waals surface area contributed by atoms with Gasteiger partial charge in [-0.15, -0.1) is 0 Å². The van der Waals surface area contributed by atoms with Crippen molar-refractivity contribution < 1.29 is 9.90 Å². The van der Waals surface area contributed by atoms with Crippen LogP contribution in [0.25, 0.3) is 11.1 Å². The highest BCUT2D eigenvalue weighted by Gasteiger charge is 2.14. The maximum absolute atomic E-state index is 11.3. The lowest BCUT2D eigenvalue weighted by molar-refractivity contribution is 0.0698. The van der Waals surface area contributed by atoms with Gasteiger partial charge in [0.25, 0.3) is 0 Å². The number of aromatic carboxylic acids is 1. The number of carboxylic acid groups (broad SMARTS) is 1. The van der Waals surface area contributed by atoms with Crippen LogP contribution in [0.4, 0.5) is 11.4 Å². The third kappa shape index (κ3) is 3.78. The van der Waals surface area contributed by atoms with Gasteiger partial charge in [-0.3, -0.25) is 0 Å². The first kappa shape index (κ1) is 17.3. The Bertz CT molecular complexity index is 914. The van der Waals surface area contributed by atoms with Crippen molar-refractivity contribution >= 4 is 40.5 Å². The van der Waals surface area contributed by atoms with Gasteiger partial charge in [-0.05, 0) is 42.3 Å². The molecule has 0 aliphatic heterocycles. The van der Waals surface area contributed by atoms with Crippen molar-refractivity contribution in [2.75, 3.05) is 5.32 Å². The average Bonchev–Trinajstić information content (AvgIpc) is 2.59. The molecule has 0 saturated heterocycles. The molecule has 0 fully saturated rings. The minimum Gasteiger partial charge on any atom is -0.478 e. The summed E-state index contributed by atoms with van der Waals surface area (Å²) >= 11 is 12.8. The Balaban J connectivity index is 1.99. The van der Waals surface area contributed by atoms with Gasteiger partial charge in [0.2, 0.25) is 0 Å². The molecule has 0 bridgehead atoms. The highest BCUT2D eigenvalue weighted by atomic mass is 35.5. The molecule has 3 aromatic rings. The highest BCUT2D eigenvalue weighted by molar-refractivity contribution is 6.39. The van der Waals surface area contributed by atoms with E-state index in [2.05, 4.69) is 5.32 Å². The molecule has 0 spiro atoms. The summed E-state index contributed by atoms with van der Waals surface area (Å²) in [4.78, 5) is 11.3. The first-order valence-electron chi connectivity index (χ1n) is 7.61. The van der Waals surface area contributed by atoms with Gasteiger partial charge in [0, 0.05) is 0 Å². The Morgan fingerprint density at radius 2 is 1.52 bits per heavy atom. The van der Waals surface area contributed by atoms with E-state index < -0.39 is 5.97 Å². The lowest BCUT2D eigenvalue weighted by Crippen LogP contribution is -2.03. The lowest BCUT2D eigenvalue weighted by Gasteiger charge is -2.14. The standard InChI is InChI=1S/C20H15Cl2NO2/c1-12-6-8-13(9-7-12)14-10-16(21)19(17(22)11-14)23-18-5-3-2-4-15(18)20(24)25/h2-11,23H,1H3,(H,24,25). The zero-order valence-electron chi connectivity index (χ0n) is 13.4. The Morgan fingerprint density at radius 3 is 2.12 bits per heavy atom. The maximum atomic E-state index is 11.3. The molecule has 0 atom stereocenters. The summed E-state index contributed by atoms with van der Waals surface area (Å²) in [6, 6.07) is 18.3. The third-order valence-corrected chi connectivity index (χ3v) is 4.44. The van der Waals surface area contributed by atoms with Crippen molar-refractivity contribution in [3.8, 4) is 11.1 Å². The molecule has 0 saturated carbocycles. The molecule has 3 nitrogen and oxygen atoms in total. The minimum atomic E-state index is -1.02. The smallest absolute Gasteiger partial charge is 0.337 e. The summed E-state index contributed by atoms with van der Waals surface area (Å²) in [5.41, 5.74) is 4.13. The lowest BCUT2D eigenvalue weighted by atomic mass is 10.0. The molecule has 3 rings (SSSR count). The number of nitrogens with one attached hydrogen (secondary N) is 1. The van der Waals surface area contributed by atoms with Gasteiger partial charge in [-0.1, -0.05) is 65.2 Å². The molecule has 0 aromatic heterocycles. The van der Waals surface area contributed by atoms with Gasteiger partial charge in [0.15, 0.2) is 0 Å². The van der Waals surface area contributed by atoms with E-state index in [-0.39, 0.29) is 5.56 Å². The van der Waals surface area contributed by atoms with Crippen LogP contribution in [0.5, 0.6) is 0 Å². The number of carboxylic acids is 1. The van der Waals surface area contributed by atoms with Crippen LogP contribution in [-0.2, 0) is 0 Å². The van der Waals surface area contributed by atoms with Gasteiger partial charge in [0.05, 0.1) is 27.0 Å². The van der Waals surface area contributed by atoms with Crippen molar-refractivity contribution in [1.29, 1.82) is 0 Å². The second kappa shape index (κ2) is 7.18. The predicted molar refractivity (Wildman–Crippen MR) is 103 cm³/mol. The molecule has 0 aliphatic carbocycles. The Morgan fingerprint density at radius 1 is 0.920 bits per heavy atom. The normalized spacial score (nSPS) is 10.5. The number of hydrogen-bond donors (Lipinski definition) is 2. The van der Waals surface area contributed by atoms with Gasteiger partial charge in [0.1, 0.15) is 0 Å². The fourth-order valence-corrected chi connectivity index (χ4v) is 3.10. The second-order valence-corrected chi connectivity index (χ2v) is 6.47. The average molecular weight is 372 g/mol. The predicted octanol–water partition coefficient (Wildman–Crippen LogP) is 6.41. The van der Waals surface area contributed by atoms with E-state index in [0.29, 0.717) is 21.4 Å². The van der Waals surface area contributed by atoms with Crippen molar-refractivity contribution in [3.05, 3.63) is 81.8 Å². The number of para-hydroxylation sites is 1. The number of anilines is 2. The third-order valence-electron chi connectivity index (χ3n) is 3.84. The van der Waals surface area contributed by atoms with E-state index in [4.69, 9.17) is 23.2 Å². The van der Waals surface area contributed by atoms with Crippen molar-refractivity contribution in [3.63, 3.8) is 0 Å². The van der Waals surface area contributed by atoms with Crippen LogP contribution in [0, 0.1) is 6.92 Å². The Kier molecular flexibility index (Phi) is 4.98.